The number of rotatable bonds is 7. The molecule has 0 saturated carbocycles. The number of hydrogen-bond acceptors (Lipinski definition) is 4. The van der Waals surface area contributed by atoms with E-state index < -0.39 is 5.97 Å². The molecule has 5 heteroatoms. The highest BCUT2D eigenvalue weighted by atomic mass is 32.1. The maximum absolute atomic E-state index is 11.6. The molecule has 4 nitrogen and oxygen atoms in total. The molecule has 0 spiro atoms. The van der Waals surface area contributed by atoms with Crippen LogP contribution in [0.15, 0.2) is 47.2 Å². The maximum Gasteiger partial charge on any atom is 0.331 e. The van der Waals surface area contributed by atoms with Crippen molar-refractivity contribution in [2.45, 2.75) is 13.3 Å². The molecule has 0 aliphatic carbocycles. The Labute approximate surface area is 139 Å². The van der Waals surface area contributed by atoms with Crippen LogP contribution in [0.25, 0.3) is 6.08 Å². The van der Waals surface area contributed by atoms with E-state index in [0.29, 0.717) is 6.54 Å². The summed E-state index contributed by atoms with van der Waals surface area (Å²) in [6.45, 7) is 2.30. The zero-order valence-electron chi connectivity index (χ0n) is 13.0. The molecule has 0 saturated heterocycles. The average Bonchev–Trinajstić information content (AvgIpc) is 3.06. The molecule has 1 aromatic heterocycles. The minimum Gasteiger partial charge on any atom is -0.452 e. The fourth-order valence-electron chi connectivity index (χ4n) is 2.00. The van der Waals surface area contributed by atoms with Gasteiger partial charge in [0.2, 0.25) is 0 Å². The second-order valence-corrected chi connectivity index (χ2v) is 5.80. The molecule has 0 radical (unpaired) electrons. The summed E-state index contributed by atoms with van der Waals surface area (Å²) in [4.78, 5) is 23.1. The molecule has 0 aliphatic rings. The second kappa shape index (κ2) is 8.90. The fourth-order valence-corrected chi connectivity index (χ4v) is 2.63. The van der Waals surface area contributed by atoms with Crippen LogP contribution < -0.4 is 5.32 Å². The first kappa shape index (κ1) is 17.0. The highest BCUT2D eigenvalue weighted by Crippen LogP contribution is 2.08. The van der Waals surface area contributed by atoms with E-state index in [1.165, 1.54) is 17.2 Å². The lowest BCUT2D eigenvalue weighted by atomic mass is 10.1. The van der Waals surface area contributed by atoms with Gasteiger partial charge in [-0.2, -0.15) is 11.3 Å². The zero-order valence-corrected chi connectivity index (χ0v) is 13.8. The van der Waals surface area contributed by atoms with Crippen molar-refractivity contribution in [2.24, 2.45) is 0 Å². The van der Waals surface area contributed by atoms with Gasteiger partial charge in [-0.3, -0.25) is 4.79 Å². The van der Waals surface area contributed by atoms with Crippen molar-refractivity contribution >= 4 is 29.3 Å². The van der Waals surface area contributed by atoms with E-state index in [1.807, 2.05) is 48.0 Å². The number of ether oxygens (including phenoxy) is 1. The summed E-state index contributed by atoms with van der Waals surface area (Å²) in [6, 6.07) is 9.94. The number of nitrogens with one attached hydrogen (secondary N) is 1. The normalized spacial score (nSPS) is 10.7. The summed E-state index contributed by atoms with van der Waals surface area (Å²) in [5.74, 6) is -0.818. The predicted molar refractivity (Wildman–Crippen MR) is 92.2 cm³/mol. The Morgan fingerprint density at radius 2 is 2.09 bits per heavy atom. The van der Waals surface area contributed by atoms with E-state index in [2.05, 4.69) is 5.32 Å². The molecule has 2 rings (SSSR count). The van der Waals surface area contributed by atoms with Gasteiger partial charge in [-0.05, 0) is 52.9 Å². The van der Waals surface area contributed by atoms with E-state index in [-0.39, 0.29) is 12.5 Å². The monoisotopic (exact) mass is 329 g/mol. The Bertz CT molecular complexity index is 677. The quantitative estimate of drug-likeness (QED) is 0.627. The van der Waals surface area contributed by atoms with Gasteiger partial charge < -0.3 is 10.1 Å². The van der Waals surface area contributed by atoms with Gasteiger partial charge in [0.15, 0.2) is 6.61 Å². The third kappa shape index (κ3) is 6.08. The minimum absolute atomic E-state index is 0.263. The predicted octanol–water partition coefficient (Wildman–Crippen LogP) is 2.97. The van der Waals surface area contributed by atoms with Crippen molar-refractivity contribution in [1.29, 1.82) is 0 Å². The van der Waals surface area contributed by atoms with E-state index in [0.717, 1.165) is 12.0 Å². The molecule has 0 bridgehead atoms. The number of thiophene rings is 1. The lowest BCUT2D eigenvalue weighted by Crippen LogP contribution is -2.30. The minimum atomic E-state index is -0.523. The number of benzene rings is 1. The van der Waals surface area contributed by atoms with Crippen LogP contribution >= 0.6 is 11.3 Å². The smallest absolute Gasteiger partial charge is 0.331 e. The van der Waals surface area contributed by atoms with E-state index in [4.69, 9.17) is 4.74 Å². The molecule has 0 unspecified atom stereocenters. The van der Waals surface area contributed by atoms with Gasteiger partial charge in [-0.25, -0.2) is 4.79 Å². The SMILES string of the molecule is Cc1ccccc1CCNC(=O)COC(=O)/C=C/c1ccsc1. The molecule has 0 aliphatic heterocycles. The van der Waals surface area contributed by atoms with Gasteiger partial charge in [0.05, 0.1) is 0 Å². The third-order valence-electron chi connectivity index (χ3n) is 3.28. The van der Waals surface area contributed by atoms with Crippen LogP contribution in [0.1, 0.15) is 16.7 Å². The topological polar surface area (TPSA) is 55.4 Å². The van der Waals surface area contributed by atoms with Gasteiger partial charge in [0, 0.05) is 12.6 Å². The van der Waals surface area contributed by atoms with Gasteiger partial charge in [-0.1, -0.05) is 24.3 Å². The molecule has 1 heterocycles. The Morgan fingerprint density at radius 3 is 2.83 bits per heavy atom. The molecule has 1 aromatic carbocycles. The van der Waals surface area contributed by atoms with E-state index >= 15 is 0 Å². The summed E-state index contributed by atoms with van der Waals surface area (Å²) < 4.78 is 4.89. The molecule has 2 aromatic rings. The highest BCUT2D eigenvalue weighted by molar-refractivity contribution is 7.08. The summed E-state index contributed by atoms with van der Waals surface area (Å²) in [5.41, 5.74) is 3.34. The largest absolute Gasteiger partial charge is 0.452 e. The number of esters is 1. The second-order valence-electron chi connectivity index (χ2n) is 5.02. The first-order valence-electron chi connectivity index (χ1n) is 7.33. The van der Waals surface area contributed by atoms with Crippen LogP contribution in [0, 0.1) is 6.92 Å². The fraction of sp³-hybridized carbons (Fsp3) is 0.222. The van der Waals surface area contributed by atoms with Crippen LogP contribution in [0.5, 0.6) is 0 Å². The number of aryl methyl sites for hydroxylation is 1. The third-order valence-corrected chi connectivity index (χ3v) is 3.98. The van der Waals surface area contributed by atoms with Crippen molar-refractivity contribution in [2.75, 3.05) is 13.2 Å². The highest BCUT2D eigenvalue weighted by Gasteiger charge is 2.05. The summed E-state index contributed by atoms with van der Waals surface area (Å²) >= 11 is 1.55. The number of carbonyl (C=O) groups excluding carboxylic acids is 2. The summed E-state index contributed by atoms with van der Waals surface area (Å²) in [6.07, 6.45) is 3.74. The maximum atomic E-state index is 11.6. The summed E-state index contributed by atoms with van der Waals surface area (Å²) in [7, 11) is 0. The number of amides is 1. The number of hydrogen-bond donors (Lipinski definition) is 1. The van der Waals surface area contributed by atoms with E-state index in [9.17, 15) is 9.59 Å². The molecule has 1 N–H and O–H groups in total. The van der Waals surface area contributed by atoms with Crippen LogP contribution in [-0.2, 0) is 20.7 Å². The Kier molecular flexibility index (Phi) is 6.56. The lowest BCUT2D eigenvalue weighted by molar-refractivity contribution is -0.143. The molecule has 120 valence electrons. The standard InChI is InChI=1S/C18H19NO3S/c1-14-4-2-3-5-16(14)8-10-19-17(20)12-22-18(21)7-6-15-9-11-23-13-15/h2-7,9,11,13H,8,10,12H2,1H3,(H,19,20)/b7-6+. The van der Waals surface area contributed by atoms with Crippen molar-refractivity contribution < 1.29 is 14.3 Å². The molecule has 0 atom stereocenters. The van der Waals surface area contributed by atoms with Gasteiger partial charge in [0.25, 0.3) is 5.91 Å². The lowest BCUT2D eigenvalue weighted by Gasteiger charge is -2.07. The first-order valence-corrected chi connectivity index (χ1v) is 8.27. The van der Waals surface area contributed by atoms with Crippen molar-refractivity contribution in [1.82, 2.24) is 5.32 Å². The van der Waals surface area contributed by atoms with Crippen molar-refractivity contribution in [3.05, 3.63) is 63.9 Å². The van der Waals surface area contributed by atoms with Gasteiger partial charge in [-0.15, -0.1) is 0 Å². The first-order chi connectivity index (χ1) is 11.1. The average molecular weight is 329 g/mol. The van der Waals surface area contributed by atoms with Crippen molar-refractivity contribution in [3.8, 4) is 0 Å². The molecule has 1 amide bonds. The van der Waals surface area contributed by atoms with Gasteiger partial charge >= 0.3 is 5.97 Å². The zero-order chi connectivity index (χ0) is 16.5. The number of carbonyl (C=O) groups is 2. The van der Waals surface area contributed by atoms with E-state index in [1.54, 1.807) is 17.4 Å². The Morgan fingerprint density at radius 1 is 1.26 bits per heavy atom. The Balaban J connectivity index is 1.65. The molecule has 0 fully saturated rings. The van der Waals surface area contributed by atoms with Crippen molar-refractivity contribution in [3.63, 3.8) is 0 Å². The van der Waals surface area contributed by atoms with Crippen LogP contribution in [0.2, 0.25) is 0 Å². The van der Waals surface area contributed by atoms with Crippen LogP contribution in [0.3, 0.4) is 0 Å². The summed E-state index contributed by atoms with van der Waals surface area (Å²) in [5, 5.41) is 6.59. The van der Waals surface area contributed by atoms with Crippen LogP contribution in [-0.4, -0.2) is 25.0 Å². The molecular formula is C18H19NO3S. The Hall–Kier alpha value is -2.40. The van der Waals surface area contributed by atoms with Crippen LogP contribution in [0.4, 0.5) is 0 Å². The molecule has 23 heavy (non-hydrogen) atoms. The molecular weight excluding hydrogens is 310 g/mol. The van der Waals surface area contributed by atoms with Gasteiger partial charge in [0.1, 0.15) is 0 Å².